The molecular weight excluding hydrogens is 352 g/mol. The molecule has 0 radical (unpaired) electrons. The number of aromatic nitrogens is 1. The Hall–Kier alpha value is -2.84. The van der Waals surface area contributed by atoms with E-state index in [0.717, 1.165) is 4.90 Å². The lowest BCUT2D eigenvalue weighted by Crippen LogP contribution is -2.66. The van der Waals surface area contributed by atoms with Gasteiger partial charge in [-0.1, -0.05) is 20.8 Å². The molecule has 1 spiro atoms. The van der Waals surface area contributed by atoms with E-state index in [1.807, 2.05) is 20.8 Å². The smallest absolute Gasteiger partial charge is 0.407 e. The van der Waals surface area contributed by atoms with Crippen LogP contribution in [0.5, 0.6) is 0 Å². The molecule has 3 heterocycles. The Morgan fingerprint density at radius 3 is 2.52 bits per heavy atom. The first-order chi connectivity index (χ1) is 12.5. The van der Waals surface area contributed by atoms with Gasteiger partial charge in [0.05, 0.1) is 5.69 Å². The first kappa shape index (κ1) is 18.9. The normalized spacial score (nSPS) is 26.2. The number of carbonyl (C=O) groups excluding carboxylic acids is 2. The Bertz CT molecular complexity index is 858. The van der Waals surface area contributed by atoms with E-state index in [4.69, 9.17) is 0 Å². The standard InChI is InChI=1S/C18H24N4O5/c1-17(2,3)12-10-21(16(26)27)8-6-18(12)14(24)20(4)15(25)22(18)11-5-7-19-13(23)9-11/h5,7,9,12H,6,8,10H2,1-4H3,(H,19,23)(H,26,27). The molecule has 0 aliphatic carbocycles. The summed E-state index contributed by atoms with van der Waals surface area (Å²) in [5.74, 6) is -0.812. The van der Waals surface area contributed by atoms with E-state index in [-0.39, 0.29) is 31.0 Å². The second kappa shape index (κ2) is 6.11. The van der Waals surface area contributed by atoms with Gasteiger partial charge in [0.25, 0.3) is 5.91 Å². The summed E-state index contributed by atoms with van der Waals surface area (Å²) < 4.78 is 0. The van der Waals surface area contributed by atoms with E-state index in [1.54, 1.807) is 6.07 Å². The van der Waals surface area contributed by atoms with Crippen LogP contribution in [0.15, 0.2) is 23.1 Å². The molecule has 9 nitrogen and oxygen atoms in total. The third kappa shape index (κ3) is 2.77. The second-order valence-electron chi connectivity index (χ2n) is 8.21. The summed E-state index contributed by atoms with van der Waals surface area (Å²) in [7, 11) is 1.42. The van der Waals surface area contributed by atoms with Crippen LogP contribution in [0, 0.1) is 11.3 Å². The van der Waals surface area contributed by atoms with Crippen molar-refractivity contribution in [3.05, 3.63) is 28.7 Å². The Kier molecular flexibility index (Phi) is 4.28. The molecule has 2 fully saturated rings. The summed E-state index contributed by atoms with van der Waals surface area (Å²) in [5.41, 5.74) is -1.74. The van der Waals surface area contributed by atoms with Crippen molar-refractivity contribution >= 4 is 23.7 Å². The molecule has 4 amide bonds. The fourth-order valence-corrected chi connectivity index (χ4v) is 4.34. The lowest BCUT2D eigenvalue weighted by molar-refractivity contribution is -0.136. The number of imide groups is 1. The number of aromatic amines is 1. The number of nitrogens with one attached hydrogen (secondary N) is 1. The number of carbonyl (C=O) groups is 3. The second-order valence-corrected chi connectivity index (χ2v) is 8.21. The van der Waals surface area contributed by atoms with Crippen LogP contribution in [0.3, 0.4) is 0 Å². The molecule has 2 aliphatic heterocycles. The topological polar surface area (TPSA) is 114 Å². The van der Waals surface area contributed by atoms with Crippen LogP contribution in [0.25, 0.3) is 0 Å². The van der Waals surface area contributed by atoms with Crippen molar-refractivity contribution in [2.45, 2.75) is 32.7 Å². The fourth-order valence-electron chi connectivity index (χ4n) is 4.34. The average Bonchev–Trinajstić information content (AvgIpc) is 2.76. The zero-order valence-corrected chi connectivity index (χ0v) is 15.9. The SMILES string of the molecule is CN1C(=O)N(c2cc[nH]c(=O)c2)C2(CCN(C(=O)O)CC2C(C)(C)C)C1=O. The molecule has 9 heteroatoms. The van der Waals surface area contributed by atoms with E-state index < -0.39 is 29.0 Å². The highest BCUT2D eigenvalue weighted by molar-refractivity contribution is 6.17. The number of carboxylic acid groups (broad SMARTS) is 1. The Morgan fingerprint density at radius 2 is 1.96 bits per heavy atom. The minimum Gasteiger partial charge on any atom is -0.465 e. The van der Waals surface area contributed by atoms with Gasteiger partial charge < -0.3 is 15.0 Å². The molecule has 146 valence electrons. The van der Waals surface area contributed by atoms with Crippen molar-refractivity contribution < 1.29 is 19.5 Å². The maximum Gasteiger partial charge on any atom is 0.407 e. The first-order valence-electron chi connectivity index (χ1n) is 8.79. The largest absolute Gasteiger partial charge is 0.465 e. The van der Waals surface area contributed by atoms with Crippen LogP contribution in [0.4, 0.5) is 15.3 Å². The number of likely N-dealkylation sites (N-methyl/N-ethyl adjacent to an activating group) is 1. The van der Waals surface area contributed by atoms with Gasteiger partial charge in [0.1, 0.15) is 5.54 Å². The number of H-pyrrole nitrogens is 1. The van der Waals surface area contributed by atoms with Crippen LogP contribution in [-0.2, 0) is 4.79 Å². The zero-order chi connectivity index (χ0) is 20.1. The quantitative estimate of drug-likeness (QED) is 0.722. The summed E-state index contributed by atoms with van der Waals surface area (Å²) in [6.45, 7) is 6.05. The number of rotatable bonds is 1. The summed E-state index contributed by atoms with van der Waals surface area (Å²) in [5, 5.41) is 9.45. The van der Waals surface area contributed by atoms with Crippen molar-refractivity contribution in [2.24, 2.45) is 11.3 Å². The number of hydrogen-bond acceptors (Lipinski definition) is 4. The lowest BCUT2D eigenvalue weighted by atomic mass is 9.64. The third-order valence-corrected chi connectivity index (χ3v) is 5.63. The average molecular weight is 376 g/mol. The van der Waals surface area contributed by atoms with Crippen LogP contribution in [-0.4, -0.2) is 63.6 Å². The van der Waals surface area contributed by atoms with Crippen LogP contribution < -0.4 is 10.5 Å². The highest BCUT2D eigenvalue weighted by atomic mass is 16.4. The number of piperidine rings is 1. The predicted octanol–water partition coefficient (Wildman–Crippen LogP) is 1.56. The van der Waals surface area contributed by atoms with Gasteiger partial charge in [0.2, 0.25) is 5.56 Å². The number of amides is 4. The van der Waals surface area contributed by atoms with Gasteiger partial charge in [-0.05, 0) is 17.9 Å². The molecule has 2 unspecified atom stereocenters. The van der Waals surface area contributed by atoms with Crippen LogP contribution in [0.2, 0.25) is 0 Å². The first-order valence-corrected chi connectivity index (χ1v) is 8.79. The monoisotopic (exact) mass is 376 g/mol. The van der Waals surface area contributed by atoms with E-state index in [0.29, 0.717) is 5.69 Å². The molecule has 0 aromatic carbocycles. The van der Waals surface area contributed by atoms with Gasteiger partial charge in [-0.25, -0.2) is 9.59 Å². The summed E-state index contributed by atoms with van der Waals surface area (Å²) in [4.78, 5) is 55.9. The van der Waals surface area contributed by atoms with E-state index in [1.165, 1.54) is 29.1 Å². The maximum atomic E-state index is 13.3. The lowest BCUT2D eigenvalue weighted by Gasteiger charge is -2.51. The zero-order valence-electron chi connectivity index (χ0n) is 15.9. The predicted molar refractivity (Wildman–Crippen MR) is 97.6 cm³/mol. The molecular formula is C18H24N4O5. The summed E-state index contributed by atoms with van der Waals surface area (Å²) in [6, 6.07) is 2.36. The molecule has 0 bridgehead atoms. The molecule has 2 N–H and O–H groups in total. The maximum absolute atomic E-state index is 13.3. The summed E-state index contributed by atoms with van der Waals surface area (Å²) >= 11 is 0. The molecule has 1 aromatic heterocycles. The molecule has 27 heavy (non-hydrogen) atoms. The highest BCUT2D eigenvalue weighted by Crippen LogP contribution is 2.49. The number of likely N-dealkylation sites (tertiary alicyclic amines) is 1. The molecule has 1 aromatic rings. The molecule has 2 saturated heterocycles. The molecule has 2 aliphatic rings. The van der Waals surface area contributed by atoms with E-state index >= 15 is 0 Å². The molecule has 3 rings (SSSR count). The third-order valence-electron chi connectivity index (χ3n) is 5.63. The van der Waals surface area contributed by atoms with Gasteiger partial charge in [0.15, 0.2) is 0 Å². The van der Waals surface area contributed by atoms with Gasteiger partial charge in [-0.15, -0.1) is 0 Å². The number of hydrogen-bond donors (Lipinski definition) is 2. The molecule has 0 saturated carbocycles. The van der Waals surface area contributed by atoms with Crippen molar-refractivity contribution in [3.63, 3.8) is 0 Å². The Morgan fingerprint density at radius 1 is 1.30 bits per heavy atom. The molecule has 2 atom stereocenters. The van der Waals surface area contributed by atoms with Crippen molar-refractivity contribution in [1.29, 1.82) is 0 Å². The Labute approximate surface area is 156 Å². The number of anilines is 1. The van der Waals surface area contributed by atoms with Crippen molar-refractivity contribution in [1.82, 2.24) is 14.8 Å². The van der Waals surface area contributed by atoms with Gasteiger partial charge in [-0.3, -0.25) is 19.4 Å². The van der Waals surface area contributed by atoms with Gasteiger partial charge in [0, 0.05) is 38.3 Å². The number of nitrogens with zero attached hydrogens (tertiary/aromatic N) is 3. The van der Waals surface area contributed by atoms with Gasteiger partial charge in [-0.2, -0.15) is 0 Å². The van der Waals surface area contributed by atoms with Crippen LogP contribution >= 0.6 is 0 Å². The van der Waals surface area contributed by atoms with Crippen molar-refractivity contribution in [2.75, 3.05) is 25.0 Å². The fraction of sp³-hybridized carbons (Fsp3) is 0.556. The number of pyridine rings is 1. The minimum absolute atomic E-state index is 0.130. The highest BCUT2D eigenvalue weighted by Gasteiger charge is 2.64. The Balaban J connectivity index is 2.21. The van der Waals surface area contributed by atoms with E-state index in [2.05, 4.69) is 4.98 Å². The van der Waals surface area contributed by atoms with Gasteiger partial charge >= 0.3 is 12.1 Å². The van der Waals surface area contributed by atoms with Crippen LogP contribution in [0.1, 0.15) is 27.2 Å². The van der Waals surface area contributed by atoms with E-state index in [9.17, 15) is 24.3 Å². The minimum atomic E-state index is -1.23. The van der Waals surface area contributed by atoms with Crippen molar-refractivity contribution in [3.8, 4) is 0 Å². The number of urea groups is 1. The summed E-state index contributed by atoms with van der Waals surface area (Å²) in [6.07, 6.45) is 0.551.